The lowest BCUT2D eigenvalue weighted by Gasteiger charge is -2.32. The lowest BCUT2D eigenvalue weighted by atomic mass is 9.97. The highest BCUT2D eigenvalue weighted by atomic mass is 32.2. The number of non-ortho nitro benzene ring substituents is 1. The normalized spacial score (nSPS) is 14.3. The van der Waals surface area contributed by atoms with Crippen molar-refractivity contribution in [2.24, 2.45) is 5.92 Å². The number of para-hydroxylation sites is 1. The number of nitro benzene ring substituents is 1. The summed E-state index contributed by atoms with van der Waals surface area (Å²) >= 11 is 0. The highest BCUT2D eigenvalue weighted by Gasteiger charge is 2.24. The number of carbonyl (C=O) groups excluding carboxylic acids is 1. The van der Waals surface area contributed by atoms with Gasteiger partial charge in [-0.05, 0) is 61.2 Å². The van der Waals surface area contributed by atoms with Crippen LogP contribution in [0.2, 0.25) is 0 Å². The van der Waals surface area contributed by atoms with E-state index in [-0.39, 0.29) is 22.2 Å². The van der Waals surface area contributed by atoms with Crippen LogP contribution in [0, 0.1) is 16.0 Å². The van der Waals surface area contributed by atoms with Gasteiger partial charge in [-0.15, -0.1) is 0 Å². The molecule has 1 saturated heterocycles. The molecule has 0 aromatic heterocycles. The fraction of sp³-hybridized carbons (Fsp3) is 0.240. The Morgan fingerprint density at radius 3 is 2.34 bits per heavy atom. The van der Waals surface area contributed by atoms with Crippen LogP contribution < -0.4 is 9.46 Å². The number of nitrogens with one attached hydrogen (secondary N) is 1. The smallest absolute Gasteiger partial charge is 0.270 e. The summed E-state index contributed by atoms with van der Waals surface area (Å²) in [4.78, 5) is 24.7. The van der Waals surface area contributed by atoms with Crippen molar-refractivity contribution in [2.75, 3.05) is 24.4 Å². The minimum atomic E-state index is -4.02. The predicted octanol–water partition coefficient (Wildman–Crippen LogP) is 4.33. The standard InChI is InChI=1S/C25H25N3O6S/c29-25(27-15-13-19(14-16-27)18-34-23-6-2-1-3-7-23)20-9-11-21(12-10-20)26-35(32,33)24-8-4-5-22(17-24)28(30)31/h1-12,17,19,26H,13-16,18H2. The molecule has 3 aromatic rings. The molecular formula is C25H25N3O6S. The van der Waals surface area contributed by atoms with Crippen molar-refractivity contribution in [3.05, 3.63) is 94.5 Å². The van der Waals surface area contributed by atoms with Crippen molar-refractivity contribution in [1.29, 1.82) is 0 Å². The molecule has 0 atom stereocenters. The molecule has 0 spiro atoms. The molecule has 1 N–H and O–H groups in total. The molecular weight excluding hydrogens is 470 g/mol. The van der Waals surface area contributed by atoms with Gasteiger partial charge in [-0.2, -0.15) is 0 Å². The van der Waals surface area contributed by atoms with E-state index in [0.717, 1.165) is 24.7 Å². The van der Waals surface area contributed by atoms with E-state index in [0.29, 0.717) is 31.2 Å². The Labute approximate surface area is 203 Å². The maximum atomic E-state index is 12.9. The predicted molar refractivity (Wildman–Crippen MR) is 131 cm³/mol. The molecule has 0 aliphatic carbocycles. The number of ether oxygens (including phenoxy) is 1. The van der Waals surface area contributed by atoms with E-state index in [1.54, 1.807) is 17.0 Å². The second-order valence-corrected chi connectivity index (χ2v) is 9.98. The second kappa shape index (κ2) is 10.6. The molecule has 10 heteroatoms. The fourth-order valence-corrected chi connectivity index (χ4v) is 4.97. The first-order valence-electron chi connectivity index (χ1n) is 11.2. The van der Waals surface area contributed by atoms with Gasteiger partial charge in [0.1, 0.15) is 5.75 Å². The van der Waals surface area contributed by atoms with E-state index in [9.17, 15) is 23.3 Å². The highest BCUT2D eigenvalue weighted by molar-refractivity contribution is 7.92. The summed E-state index contributed by atoms with van der Waals surface area (Å²) in [5.74, 6) is 1.11. The Morgan fingerprint density at radius 2 is 1.69 bits per heavy atom. The van der Waals surface area contributed by atoms with Crippen LogP contribution in [0.5, 0.6) is 5.75 Å². The molecule has 35 heavy (non-hydrogen) atoms. The van der Waals surface area contributed by atoms with Crippen molar-refractivity contribution in [1.82, 2.24) is 4.90 Å². The van der Waals surface area contributed by atoms with Gasteiger partial charge in [0.05, 0.1) is 16.4 Å². The SMILES string of the molecule is O=C(c1ccc(NS(=O)(=O)c2cccc([N+](=O)[O-])c2)cc1)N1CCC(COc2ccccc2)CC1. The first-order chi connectivity index (χ1) is 16.8. The fourth-order valence-electron chi connectivity index (χ4n) is 3.88. The van der Waals surface area contributed by atoms with Gasteiger partial charge in [0, 0.05) is 36.5 Å². The molecule has 1 aliphatic rings. The zero-order valence-corrected chi connectivity index (χ0v) is 19.7. The number of rotatable bonds is 8. The summed E-state index contributed by atoms with van der Waals surface area (Å²) in [6, 6.07) is 20.6. The third-order valence-electron chi connectivity index (χ3n) is 5.85. The van der Waals surface area contributed by atoms with Gasteiger partial charge >= 0.3 is 0 Å². The zero-order valence-electron chi connectivity index (χ0n) is 18.9. The number of likely N-dealkylation sites (tertiary alicyclic amines) is 1. The number of anilines is 1. The maximum Gasteiger partial charge on any atom is 0.270 e. The first kappa shape index (κ1) is 24.2. The van der Waals surface area contributed by atoms with Crippen LogP contribution >= 0.6 is 0 Å². The Morgan fingerprint density at radius 1 is 1.00 bits per heavy atom. The molecule has 1 heterocycles. The van der Waals surface area contributed by atoms with Gasteiger partial charge in [0.25, 0.3) is 21.6 Å². The minimum absolute atomic E-state index is 0.111. The largest absolute Gasteiger partial charge is 0.493 e. The molecule has 0 bridgehead atoms. The van der Waals surface area contributed by atoms with Gasteiger partial charge in [0.2, 0.25) is 0 Å². The number of hydrogen-bond acceptors (Lipinski definition) is 6. The van der Waals surface area contributed by atoms with E-state index in [4.69, 9.17) is 4.74 Å². The molecule has 1 fully saturated rings. The average Bonchev–Trinajstić information content (AvgIpc) is 2.88. The van der Waals surface area contributed by atoms with Crippen LogP contribution in [0.4, 0.5) is 11.4 Å². The zero-order chi connectivity index (χ0) is 24.8. The number of nitrogens with zero attached hydrogens (tertiary/aromatic N) is 2. The van der Waals surface area contributed by atoms with Crippen LogP contribution in [0.15, 0.2) is 83.8 Å². The number of amides is 1. The summed E-state index contributed by atoms with van der Waals surface area (Å²) < 4.78 is 33.4. The summed E-state index contributed by atoms with van der Waals surface area (Å²) in [6.07, 6.45) is 1.69. The third kappa shape index (κ3) is 6.15. The molecule has 182 valence electrons. The Kier molecular flexibility index (Phi) is 7.31. The summed E-state index contributed by atoms with van der Waals surface area (Å²) in [7, 11) is -4.02. The lowest BCUT2D eigenvalue weighted by Crippen LogP contribution is -2.39. The topological polar surface area (TPSA) is 119 Å². The van der Waals surface area contributed by atoms with Gasteiger partial charge < -0.3 is 9.64 Å². The van der Waals surface area contributed by atoms with E-state index in [2.05, 4.69) is 4.72 Å². The average molecular weight is 496 g/mol. The molecule has 1 aliphatic heterocycles. The number of nitro groups is 1. The van der Waals surface area contributed by atoms with E-state index >= 15 is 0 Å². The van der Waals surface area contributed by atoms with Crippen molar-refractivity contribution in [3.63, 3.8) is 0 Å². The Hall–Kier alpha value is -3.92. The third-order valence-corrected chi connectivity index (χ3v) is 7.23. The number of hydrogen-bond donors (Lipinski definition) is 1. The van der Waals surface area contributed by atoms with Crippen LogP contribution in [0.1, 0.15) is 23.2 Å². The summed E-state index contributed by atoms with van der Waals surface area (Å²) in [6.45, 7) is 1.87. The maximum absolute atomic E-state index is 12.9. The molecule has 1 amide bonds. The number of piperidine rings is 1. The number of sulfonamides is 1. The van der Waals surface area contributed by atoms with Gasteiger partial charge in [-0.1, -0.05) is 24.3 Å². The number of carbonyl (C=O) groups is 1. The van der Waals surface area contributed by atoms with E-state index in [1.165, 1.54) is 30.3 Å². The van der Waals surface area contributed by atoms with E-state index in [1.807, 2.05) is 30.3 Å². The van der Waals surface area contributed by atoms with Crippen molar-refractivity contribution >= 4 is 27.3 Å². The summed E-state index contributed by atoms with van der Waals surface area (Å²) in [5.41, 5.74) is 0.399. The lowest BCUT2D eigenvalue weighted by molar-refractivity contribution is -0.385. The highest BCUT2D eigenvalue weighted by Crippen LogP contribution is 2.23. The van der Waals surface area contributed by atoms with E-state index < -0.39 is 14.9 Å². The van der Waals surface area contributed by atoms with Crippen LogP contribution in [0.25, 0.3) is 0 Å². The quantitative estimate of drug-likeness (QED) is 0.367. The minimum Gasteiger partial charge on any atom is -0.493 e. The monoisotopic (exact) mass is 495 g/mol. The molecule has 0 unspecified atom stereocenters. The van der Waals surface area contributed by atoms with Crippen LogP contribution in [-0.2, 0) is 10.0 Å². The Balaban J connectivity index is 1.32. The summed E-state index contributed by atoms with van der Waals surface area (Å²) in [5, 5.41) is 10.9. The van der Waals surface area contributed by atoms with Gasteiger partial charge in [0.15, 0.2) is 0 Å². The molecule has 9 nitrogen and oxygen atoms in total. The number of benzene rings is 3. The molecule has 3 aromatic carbocycles. The van der Waals surface area contributed by atoms with Gasteiger partial charge in [-0.25, -0.2) is 8.42 Å². The van der Waals surface area contributed by atoms with Gasteiger partial charge in [-0.3, -0.25) is 19.6 Å². The second-order valence-electron chi connectivity index (χ2n) is 8.30. The molecule has 4 rings (SSSR count). The molecule has 0 saturated carbocycles. The van der Waals surface area contributed by atoms with Crippen molar-refractivity contribution < 1.29 is 22.9 Å². The van der Waals surface area contributed by atoms with Crippen molar-refractivity contribution in [3.8, 4) is 5.75 Å². The van der Waals surface area contributed by atoms with Crippen molar-refractivity contribution in [2.45, 2.75) is 17.7 Å². The first-order valence-corrected chi connectivity index (χ1v) is 12.6. The Bertz CT molecular complexity index is 1290. The van der Waals surface area contributed by atoms with Crippen LogP contribution in [0.3, 0.4) is 0 Å². The molecule has 0 radical (unpaired) electrons. The van der Waals surface area contributed by atoms with Crippen LogP contribution in [-0.4, -0.2) is 43.8 Å².